The maximum Gasteiger partial charge on any atom is 0.339 e. The lowest BCUT2D eigenvalue weighted by Gasteiger charge is -2.10. The summed E-state index contributed by atoms with van der Waals surface area (Å²) in [5.41, 5.74) is 0.846. The third-order valence-corrected chi connectivity index (χ3v) is 4.97. The number of aromatic carboxylic acids is 1. The SMILES string of the molecule is CN(C)C/C=N\c1cccc(-c2nncn2CCCCOc2ccc(Br)cc2C(=O)O)n1. The Morgan fingerprint density at radius 2 is 2.12 bits per heavy atom. The predicted octanol–water partition coefficient (Wildman–Crippen LogP) is 3.92. The minimum absolute atomic E-state index is 0.139. The van der Waals surface area contributed by atoms with Crippen LogP contribution in [0.1, 0.15) is 23.2 Å². The zero-order valence-corrected chi connectivity index (χ0v) is 19.6. The lowest BCUT2D eigenvalue weighted by Crippen LogP contribution is -2.13. The van der Waals surface area contributed by atoms with Crippen molar-refractivity contribution >= 4 is 33.9 Å². The molecule has 2 heterocycles. The molecule has 0 spiro atoms. The number of aliphatic imine (C=N–C) groups is 1. The zero-order chi connectivity index (χ0) is 22.9. The fourth-order valence-corrected chi connectivity index (χ4v) is 3.26. The highest BCUT2D eigenvalue weighted by molar-refractivity contribution is 9.10. The number of aryl methyl sites for hydroxylation is 1. The molecule has 168 valence electrons. The van der Waals surface area contributed by atoms with Gasteiger partial charge in [-0.3, -0.25) is 0 Å². The van der Waals surface area contributed by atoms with Crippen LogP contribution in [0, 0.1) is 0 Å². The van der Waals surface area contributed by atoms with Gasteiger partial charge in [0.25, 0.3) is 0 Å². The first kappa shape index (κ1) is 23.6. The molecule has 0 saturated heterocycles. The van der Waals surface area contributed by atoms with Gasteiger partial charge in [-0.1, -0.05) is 22.0 Å². The van der Waals surface area contributed by atoms with Crippen molar-refractivity contribution in [3.63, 3.8) is 0 Å². The van der Waals surface area contributed by atoms with Gasteiger partial charge in [0.05, 0.1) is 6.61 Å². The van der Waals surface area contributed by atoms with Crippen LogP contribution in [0.15, 0.2) is 52.2 Å². The first-order valence-electron chi connectivity index (χ1n) is 10.1. The highest BCUT2D eigenvalue weighted by Gasteiger charge is 2.12. The Balaban J connectivity index is 1.55. The van der Waals surface area contributed by atoms with E-state index in [0.717, 1.165) is 19.4 Å². The van der Waals surface area contributed by atoms with Crippen LogP contribution in [-0.2, 0) is 6.54 Å². The van der Waals surface area contributed by atoms with Crippen LogP contribution >= 0.6 is 15.9 Å². The highest BCUT2D eigenvalue weighted by Crippen LogP contribution is 2.24. The molecule has 0 atom stereocenters. The molecule has 1 aromatic carbocycles. The summed E-state index contributed by atoms with van der Waals surface area (Å²) in [6.07, 6.45) is 5.05. The van der Waals surface area contributed by atoms with E-state index in [1.165, 1.54) is 6.07 Å². The largest absolute Gasteiger partial charge is 0.493 e. The first-order chi connectivity index (χ1) is 15.4. The summed E-state index contributed by atoms with van der Waals surface area (Å²) in [4.78, 5) is 22.3. The standard InChI is InChI=1S/C22H25BrN6O3/c1-28(2)12-10-24-20-7-5-6-18(26-20)21-27-25-15-29(21)11-3-4-13-32-19-9-8-16(23)14-17(19)22(30)31/h5-10,14-15H,3-4,11-13H2,1-2H3,(H,30,31)/b24-10-. The Morgan fingerprint density at radius 3 is 2.91 bits per heavy atom. The van der Waals surface area contributed by atoms with Crippen LogP contribution in [0.2, 0.25) is 0 Å². The van der Waals surface area contributed by atoms with E-state index < -0.39 is 5.97 Å². The lowest BCUT2D eigenvalue weighted by molar-refractivity contribution is 0.0692. The van der Waals surface area contributed by atoms with Crippen molar-refractivity contribution in [2.45, 2.75) is 19.4 Å². The number of pyridine rings is 1. The Bertz CT molecular complexity index is 1080. The Labute approximate surface area is 194 Å². The molecular formula is C22H25BrN6O3. The number of nitrogens with zero attached hydrogens (tertiary/aromatic N) is 6. The highest BCUT2D eigenvalue weighted by atomic mass is 79.9. The molecule has 0 aliphatic carbocycles. The molecule has 0 aliphatic heterocycles. The number of ether oxygens (including phenoxy) is 1. The van der Waals surface area contributed by atoms with Gasteiger partial charge in [-0.25, -0.2) is 14.8 Å². The van der Waals surface area contributed by atoms with Crippen molar-refractivity contribution < 1.29 is 14.6 Å². The molecule has 3 aromatic rings. The topological polar surface area (TPSA) is 106 Å². The second-order valence-corrected chi connectivity index (χ2v) is 8.22. The Morgan fingerprint density at radius 1 is 1.28 bits per heavy atom. The number of hydrogen-bond acceptors (Lipinski definition) is 7. The predicted molar refractivity (Wildman–Crippen MR) is 126 cm³/mol. The van der Waals surface area contributed by atoms with Gasteiger partial charge in [0.15, 0.2) is 11.6 Å². The summed E-state index contributed by atoms with van der Waals surface area (Å²) >= 11 is 3.28. The van der Waals surface area contributed by atoms with Crippen LogP contribution in [0.25, 0.3) is 11.5 Å². The van der Waals surface area contributed by atoms with Gasteiger partial charge in [-0.05, 0) is 57.3 Å². The first-order valence-corrected chi connectivity index (χ1v) is 10.9. The summed E-state index contributed by atoms with van der Waals surface area (Å²) in [6, 6.07) is 10.6. The smallest absolute Gasteiger partial charge is 0.339 e. The normalized spacial score (nSPS) is 11.4. The van der Waals surface area contributed by atoms with E-state index in [2.05, 4.69) is 36.1 Å². The van der Waals surface area contributed by atoms with Gasteiger partial charge in [-0.15, -0.1) is 10.2 Å². The van der Waals surface area contributed by atoms with Crippen LogP contribution in [0.5, 0.6) is 5.75 Å². The van der Waals surface area contributed by atoms with Crippen LogP contribution in [0.3, 0.4) is 0 Å². The van der Waals surface area contributed by atoms with Gasteiger partial charge in [0.1, 0.15) is 23.3 Å². The third kappa shape index (κ3) is 6.69. The number of carboxylic acid groups (broad SMARTS) is 1. The fourth-order valence-electron chi connectivity index (χ4n) is 2.90. The molecular weight excluding hydrogens is 476 g/mol. The minimum atomic E-state index is -1.02. The zero-order valence-electron chi connectivity index (χ0n) is 18.0. The molecule has 9 nitrogen and oxygen atoms in total. The fraction of sp³-hybridized carbons (Fsp3) is 0.318. The summed E-state index contributed by atoms with van der Waals surface area (Å²) in [7, 11) is 3.96. The molecule has 0 aliphatic rings. The number of carbonyl (C=O) groups is 1. The molecule has 2 aromatic heterocycles. The third-order valence-electron chi connectivity index (χ3n) is 4.47. The number of hydrogen-bond donors (Lipinski definition) is 1. The van der Waals surface area contributed by atoms with E-state index in [-0.39, 0.29) is 5.56 Å². The van der Waals surface area contributed by atoms with Gasteiger partial charge in [-0.2, -0.15) is 0 Å². The molecule has 0 radical (unpaired) electrons. The van der Waals surface area contributed by atoms with E-state index in [4.69, 9.17) is 4.74 Å². The summed E-state index contributed by atoms with van der Waals surface area (Å²) in [6.45, 7) is 1.83. The quantitative estimate of drug-likeness (QED) is 0.314. The number of unbranched alkanes of at least 4 members (excludes halogenated alkanes) is 1. The van der Waals surface area contributed by atoms with Crippen LogP contribution in [-0.4, -0.2) is 69.2 Å². The van der Waals surface area contributed by atoms with E-state index in [0.29, 0.717) is 40.7 Å². The number of benzene rings is 1. The van der Waals surface area contributed by atoms with Crippen LogP contribution in [0.4, 0.5) is 5.82 Å². The molecule has 0 saturated carbocycles. The van der Waals surface area contributed by atoms with Crippen molar-refractivity contribution in [1.29, 1.82) is 0 Å². The van der Waals surface area contributed by atoms with Crippen molar-refractivity contribution in [3.05, 3.63) is 52.8 Å². The van der Waals surface area contributed by atoms with Gasteiger partial charge in [0, 0.05) is 23.8 Å². The average molecular weight is 501 g/mol. The Hall–Kier alpha value is -3.11. The monoisotopic (exact) mass is 500 g/mol. The summed E-state index contributed by atoms with van der Waals surface area (Å²) in [5, 5.41) is 17.6. The number of carboxylic acids is 1. The summed E-state index contributed by atoms with van der Waals surface area (Å²) in [5.74, 6) is 0.644. The van der Waals surface area contributed by atoms with Crippen molar-refractivity contribution in [2.24, 2.45) is 4.99 Å². The van der Waals surface area contributed by atoms with E-state index >= 15 is 0 Å². The van der Waals surface area contributed by atoms with Gasteiger partial charge < -0.3 is 19.3 Å². The average Bonchev–Trinajstić information content (AvgIpc) is 3.23. The van der Waals surface area contributed by atoms with Gasteiger partial charge >= 0.3 is 5.97 Å². The Kier molecular flexibility index (Phi) is 8.46. The lowest BCUT2D eigenvalue weighted by atomic mass is 10.2. The number of aromatic nitrogens is 4. The van der Waals surface area contributed by atoms with E-state index in [9.17, 15) is 9.90 Å². The van der Waals surface area contributed by atoms with Crippen molar-refractivity contribution in [2.75, 3.05) is 27.2 Å². The van der Waals surface area contributed by atoms with E-state index in [1.807, 2.05) is 48.0 Å². The molecule has 0 amide bonds. The molecule has 3 rings (SSSR count). The van der Waals surface area contributed by atoms with E-state index in [1.54, 1.807) is 18.5 Å². The van der Waals surface area contributed by atoms with Gasteiger partial charge in [0.2, 0.25) is 0 Å². The second kappa shape index (κ2) is 11.5. The molecule has 0 unspecified atom stereocenters. The summed E-state index contributed by atoms with van der Waals surface area (Å²) < 4.78 is 8.32. The molecule has 10 heteroatoms. The van der Waals surface area contributed by atoms with Crippen LogP contribution < -0.4 is 4.74 Å². The minimum Gasteiger partial charge on any atom is -0.493 e. The molecule has 0 fully saturated rings. The maximum atomic E-state index is 11.4. The molecule has 0 bridgehead atoms. The molecule has 32 heavy (non-hydrogen) atoms. The number of rotatable bonds is 11. The van der Waals surface area contributed by atoms with Crippen molar-refractivity contribution in [1.82, 2.24) is 24.6 Å². The number of halogens is 1. The maximum absolute atomic E-state index is 11.4. The van der Waals surface area contributed by atoms with Crippen molar-refractivity contribution in [3.8, 4) is 17.3 Å². The second-order valence-electron chi connectivity index (χ2n) is 7.30. The molecule has 1 N–H and O–H groups in total.